The predicted octanol–water partition coefficient (Wildman–Crippen LogP) is 14.4. The first-order chi connectivity index (χ1) is 36.6. The topological polar surface area (TPSA) is 175 Å². The number of carboxylic acids is 1. The Morgan fingerprint density at radius 1 is 0.453 bits per heavy atom. The molecule has 422 valence electrons. The number of hydrogen-bond acceptors (Lipinski definition) is 11. The van der Waals surface area contributed by atoms with E-state index in [2.05, 4.69) is 130 Å². The number of hydrogen-bond donors (Lipinski definition) is 3. The van der Waals surface area contributed by atoms with E-state index in [0.29, 0.717) is 19.3 Å². The van der Waals surface area contributed by atoms with Crippen molar-refractivity contribution in [2.24, 2.45) is 0 Å². The SMILES string of the molecule is CC/C=C\C/C=C\C/C=C\C/C=C\C/C=C\C/C=C\CCC(=O)OCC(COC1OC(C(=O)O)C(O)C(O)C1OC(=O)CCCCCCC/C=C\C/C=C\CCC)OC(=O)CCCCCCC/C=C\C/C=C\CCC. The van der Waals surface area contributed by atoms with Gasteiger partial charge in [0.25, 0.3) is 0 Å². The lowest BCUT2D eigenvalue weighted by Crippen LogP contribution is -2.61. The zero-order chi connectivity index (χ0) is 54.7. The van der Waals surface area contributed by atoms with Gasteiger partial charge in [-0.15, -0.1) is 0 Å². The molecular formula is C63H98O12. The van der Waals surface area contributed by atoms with E-state index in [0.717, 1.165) is 141 Å². The molecule has 0 aromatic carbocycles. The number of rotatable bonds is 46. The van der Waals surface area contributed by atoms with Crippen LogP contribution in [0.2, 0.25) is 0 Å². The normalized spacial score (nSPS) is 19.1. The van der Waals surface area contributed by atoms with E-state index in [9.17, 15) is 34.5 Å². The molecule has 6 atom stereocenters. The smallest absolute Gasteiger partial charge is 0.335 e. The number of unbranched alkanes of at least 4 members (excludes halogenated alkanes) is 12. The second kappa shape index (κ2) is 50.0. The van der Waals surface area contributed by atoms with E-state index in [1.165, 1.54) is 0 Å². The molecule has 0 saturated carbocycles. The summed E-state index contributed by atoms with van der Waals surface area (Å²) in [6.45, 7) is 5.64. The van der Waals surface area contributed by atoms with Crippen LogP contribution < -0.4 is 0 Å². The highest BCUT2D eigenvalue weighted by atomic mass is 16.7. The minimum atomic E-state index is -1.92. The van der Waals surface area contributed by atoms with Crippen molar-refractivity contribution in [3.63, 3.8) is 0 Å². The number of aliphatic hydroxyl groups is 2. The summed E-state index contributed by atoms with van der Waals surface area (Å²) < 4.78 is 28.3. The van der Waals surface area contributed by atoms with Gasteiger partial charge in [0.2, 0.25) is 0 Å². The minimum Gasteiger partial charge on any atom is -0.479 e. The molecule has 3 N–H and O–H groups in total. The molecule has 0 radical (unpaired) electrons. The van der Waals surface area contributed by atoms with Gasteiger partial charge in [0.1, 0.15) is 18.8 Å². The molecule has 1 saturated heterocycles. The fraction of sp³-hybridized carbons (Fsp3) is 0.619. The molecule has 1 heterocycles. The average Bonchev–Trinajstić information content (AvgIpc) is 3.39. The van der Waals surface area contributed by atoms with E-state index in [1.54, 1.807) is 0 Å². The summed E-state index contributed by atoms with van der Waals surface area (Å²) in [6, 6.07) is 0. The van der Waals surface area contributed by atoms with Crippen LogP contribution in [0.3, 0.4) is 0 Å². The van der Waals surface area contributed by atoms with Gasteiger partial charge in [-0.05, 0) is 109 Å². The largest absolute Gasteiger partial charge is 0.479 e. The van der Waals surface area contributed by atoms with Gasteiger partial charge in [0.15, 0.2) is 24.6 Å². The summed E-state index contributed by atoms with van der Waals surface area (Å²) in [5.74, 6) is -3.29. The summed E-state index contributed by atoms with van der Waals surface area (Å²) in [7, 11) is 0. The molecule has 12 heteroatoms. The number of carbonyl (C=O) groups is 4. The van der Waals surface area contributed by atoms with Crippen molar-refractivity contribution in [1.29, 1.82) is 0 Å². The summed E-state index contributed by atoms with van der Waals surface area (Å²) in [5, 5.41) is 31.4. The average molecular weight is 1050 g/mol. The van der Waals surface area contributed by atoms with Crippen LogP contribution in [-0.2, 0) is 42.9 Å². The number of carboxylic acid groups (broad SMARTS) is 1. The Hall–Kier alpha value is -4.88. The number of ether oxygens (including phenoxy) is 5. The van der Waals surface area contributed by atoms with Gasteiger partial charge >= 0.3 is 23.9 Å². The Bertz CT molecular complexity index is 1770. The van der Waals surface area contributed by atoms with E-state index in [1.807, 2.05) is 12.2 Å². The van der Waals surface area contributed by atoms with Crippen molar-refractivity contribution in [1.82, 2.24) is 0 Å². The molecule has 1 fully saturated rings. The third-order valence-electron chi connectivity index (χ3n) is 12.0. The molecule has 12 nitrogen and oxygen atoms in total. The molecule has 0 aromatic heterocycles. The Labute approximate surface area is 452 Å². The second-order valence-electron chi connectivity index (χ2n) is 18.8. The zero-order valence-corrected chi connectivity index (χ0v) is 46.2. The summed E-state index contributed by atoms with van der Waals surface area (Å²) >= 11 is 0. The van der Waals surface area contributed by atoms with Crippen molar-refractivity contribution in [3.05, 3.63) is 122 Å². The van der Waals surface area contributed by atoms with Crippen LogP contribution in [0.15, 0.2) is 122 Å². The second-order valence-corrected chi connectivity index (χ2v) is 18.8. The minimum absolute atomic E-state index is 0.0290. The molecule has 0 spiro atoms. The predicted molar refractivity (Wildman–Crippen MR) is 303 cm³/mol. The Morgan fingerprint density at radius 3 is 1.33 bits per heavy atom. The van der Waals surface area contributed by atoms with Gasteiger partial charge in [0, 0.05) is 19.3 Å². The van der Waals surface area contributed by atoms with Gasteiger partial charge in [0.05, 0.1) is 6.61 Å². The molecule has 6 unspecified atom stereocenters. The molecule has 0 bridgehead atoms. The number of allylic oxidation sites excluding steroid dienone is 20. The van der Waals surface area contributed by atoms with Crippen LogP contribution >= 0.6 is 0 Å². The molecule has 1 rings (SSSR count). The third-order valence-corrected chi connectivity index (χ3v) is 12.0. The Kier molecular flexibility index (Phi) is 45.4. The first-order valence-electron chi connectivity index (χ1n) is 28.5. The van der Waals surface area contributed by atoms with Gasteiger partial charge in [-0.1, -0.05) is 194 Å². The van der Waals surface area contributed by atoms with Gasteiger partial charge < -0.3 is 39.0 Å². The number of aliphatic carboxylic acids is 1. The van der Waals surface area contributed by atoms with E-state index in [-0.39, 0.29) is 25.9 Å². The lowest BCUT2D eigenvalue weighted by atomic mass is 9.98. The zero-order valence-electron chi connectivity index (χ0n) is 46.2. The van der Waals surface area contributed by atoms with Crippen LogP contribution in [0.4, 0.5) is 0 Å². The lowest BCUT2D eigenvalue weighted by molar-refractivity contribution is -0.301. The maximum Gasteiger partial charge on any atom is 0.335 e. The Balaban J connectivity index is 2.77. The molecule has 0 aliphatic carbocycles. The molecule has 75 heavy (non-hydrogen) atoms. The van der Waals surface area contributed by atoms with Crippen LogP contribution in [0.5, 0.6) is 0 Å². The standard InChI is InChI=1S/C63H98O12/c1-4-7-10-13-16-19-22-25-26-27-28-29-30-33-34-37-40-43-46-49-55(64)71-52-54(73-56(65)50-47-44-41-38-35-31-23-20-17-14-11-8-5-2)53-72-63-61(59(68)58(67)60(75-63)62(69)70)74-57(66)51-48-45-42-39-36-32-24-21-18-15-12-9-6-3/h7,10-12,14-16,19-21,23-26,28-29,33-34,40,43,54,58-61,63,67-68H,4-6,8-9,13,17-18,22,27,30-32,35-39,41-42,44-53H2,1-3H3,(H,69,70)/b10-7-,14-11-,15-12-,19-16-,23-20-,24-21-,26-25-,29-28-,34-33-,43-40-. The van der Waals surface area contributed by atoms with Crippen molar-refractivity contribution in [2.75, 3.05) is 13.2 Å². The first kappa shape index (κ1) is 68.1. The van der Waals surface area contributed by atoms with Crippen molar-refractivity contribution >= 4 is 23.9 Å². The highest BCUT2D eigenvalue weighted by Crippen LogP contribution is 2.26. The first-order valence-corrected chi connectivity index (χ1v) is 28.5. The quantitative estimate of drug-likeness (QED) is 0.0228. The van der Waals surface area contributed by atoms with Crippen LogP contribution in [0.25, 0.3) is 0 Å². The van der Waals surface area contributed by atoms with E-state index < -0.39 is 67.3 Å². The lowest BCUT2D eigenvalue weighted by Gasteiger charge is -2.40. The Morgan fingerprint density at radius 2 is 0.867 bits per heavy atom. The van der Waals surface area contributed by atoms with E-state index in [4.69, 9.17) is 23.7 Å². The van der Waals surface area contributed by atoms with Crippen molar-refractivity contribution in [3.8, 4) is 0 Å². The number of carbonyl (C=O) groups excluding carboxylic acids is 3. The monoisotopic (exact) mass is 1050 g/mol. The van der Waals surface area contributed by atoms with Gasteiger partial charge in [-0.2, -0.15) is 0 Å². The molecule has 1 aliphatic rings. The molecular weight excluding hydrogens is 949 g/mol. The third kappa shape index (κ3) is 40.1. The number of aliphatic hydroxyl groups excluding tert-OH is 2. The summed E-state index contributed by atoms with van der Waals surface area (Å²) in [6.07, 6.45) is 56.1. The highest BCUT2D eigenvalue weighted by molar-refractivity contribution is 5.74. The van der Waals surface area contributed by atoms with Crippen LogP contribution in [0, 0.1) is 0 Å². The fourth-order valence-corrected chi connectivity index (χ4v) is 7.64. The maximum atomic E-state index is 13.1. The molecule has 0 amide bonds. The molecule has 0 aromatic rings. The van der Waals surface area contributed by atoms with Crippen LogP contribution in [-0.4, -0.2) is 89.2 Å². The van der Waals surface area contributed by atoms with E-state index >= 15 is 0 Å². The van der Waals surface area contributed by atoms with Crippen LogP contribution in [0.1, 0.15) is 201 Å². The summed E-state index contributed by atoms with van der Waals surface area (Å²) in [5.41, 5.74) is 0. The van der Waals surface area contributed by atoms with Crippen molar-refractivity contribution < 1.29 is 58.2 Å². The fourth-order valence-electron chi connectivity index (χ4n) is 7.64. The summed E-state index contributed by atoms with van der Waals surface area (Å²) in [4.78, 5) is 51.0. The highest BCUT2D eigenvalue weighted by Gasteiger charge is 2.50. The maximum absolute atomic E-state index is 13.1. The number of esters is 3. The van der Waals surface area contributed by atoms with Gasteiger partial charge in [-0.25, -0.2) is 4.79 Å². The van der Waals surface area contributed by atoms with Gasteiger partial charge in [-0.3, -0.25) is 14.4 Å². The molecule has 1 aliphatic heterocycles. The van der Waals surface area contributed by atoms with Crippen molar-refractivity contribution in [2.45, 2.75) is 237 Å².